The summed E-state index contributed by atoms with van der Waals surface area (Å²) in [5.41, 5.74) is 2.47. The van der Waals surface area contributed by atoms with Gasteiger partial charge in [0.05, 0.1) is 20.5 Å². The zero-order valence-electron chi connectivity index (χ0n) is 25.4. The van der Waals surface area contributed by atoms with Crippen molar-refractivity contribution in [3.8, 4) is 0 Å². The Labute approximate surface area is 274 Å². The van der Waals surface area contributed by atoms with Crippen LogP contribution in [0.4, 0.5) is 9.39 Å². The first-order valence-electron chi connectivity index (χ1n) is 15.3. The normalized spacial score (nSPS) is 19.4. The summed E-state index contributed by atoms with van der Waals surface area (Å²) in [6, 6.07) is 11.4. The molecule has 1 atom stereocenters. The van der Waals surface area contributed by atoms with Crippen LogP contribution in [0, 0.1) is 17.7 Å². The number of hydrogen-bond donors (Lipinski definition) is 1. The van der Waals surface area contributed by atoms with Crippen LogP contribution in [0.25, 0.3) is 0 Å². The maximum absolute atomic E-state index is 14.0. The molecule has 1 fully saturated rings. The van der Waals surface area contributed by atoms with Gasteiger partial charge in [-0.25, -0.2) is 12.8 Å². The van der Waals surface area contributed by atoms with Gasteiger partial charge in [0.2, 0.25) is 0 Å². The van der Waals surface area contributed by atoms with Gasteiger partial charge >= 0.3 is 0 Å². The molecule has 6 nitrogen and oxygen atoms in total. The number of thiophene rings is 1. The highest BCUT2D eigenvalue weighted by atomic mass is 35.5. The third-order valence-electron chi connectivity index (χ3n) is 9.14. The Bertz CT molecular complexity index is 1600. The average molecular weight is 681 g/mol. The van der Waals surface area contributed by atoms with Crippen molar-refractivity contribution in [3.63, 3.8) is 0 Å². The van der Waals surface area contributed by atoms with Crippen molar-refractivity contribution in [1.82, 2.24) is 10.2 Å². The van der Waals surface area contributed by atoms with Crippen molar-refractivity contribution in [2.24, 2.45) is 11.8 Å². The van der Waals surface area contributed by atoms with E-state index in [0.717, 1.165) is 73.8 Å². The van der Waals surface area contributed by atoms with Crippen LogP contribution in [0.5, 0.6) is 0 Å². The van der Waals surface area contributed by atoms with E-state index in [9.17, 15) is 17.6 Å². The number of anilines is 1. The van der Waals surface area contributed by atoms with Crippen molar-refractivity contribution in [1.29, 1.82) is 0 Å². The number of benzene rings is 2. The van der Waals surface area contributed by atoms with Crippen LogP contribution in [-0.2, 0) is 22.9 Å². The fourth-order valence-corrected chi connectivity index (χ4v) is 10.0. The highest BCUT2D eigenvalue weighted by molar-refractivity contribution is 7.93. The zero-order chi connectivity index (χ0) is 31.6. The summed E-state index contributed by atoms with van der Waals surface area (Å²) in [6.07, 6.45) is 8.69. The van der Waals surface area contributed by atoms with E-state index >= 15 is 0 Å². The second-order valence-electron chi connectivity index (χ2n) is 12.2. The van der Waals surface area contributed by atoms with Crippen molar-refractivity contribution in [3.05, 3.63) is 79.9 Å². The van der Waals surface area contributed by atoms with E-state index in [1.807, 2.05) is 6.07 Å². The van der Waals surface area contributed by atoms with Gasteiger partial charge in [0, 0.05) is 24.5 Å². The van der Waals surface area contributed by atoms with E-state index in [1.165, 1.54) is 47.0 Å². The summed E-state index contributed by atoms with van der Waals surface area (Å²) >= 11 is 13.6. The summed E-state index contributed by atoms with van der Waals surface area (Å²) in [5, 5.41) is 4.00. The second kappa shape index (κ2) is 14.1. The number of nitrogens with one attached hydrogen (secondary N) is 1. The number of aryl methyl sites for hydroxylation is 1. The Balaban J connectivity index is 1.24. The van der Waals surface area contributed by atoms with Gasteiger partial charge in [-0.05, 0) is 112 Å². The van der Waals surface area contributed by atoms with E-state index in [4.69, 9.17) is 23.2 Å². The third-order valence-corrected chi connectivity index (χ3v) is 13.1. The number of halogens is 3. The van der Waals surface area contributed by atoms with Gasteiger partial charge in [-0.1, -0.05) is 48.2 Å². The van der Waals surface area contributed by atoms with E-state index in [2.05, 4.69) is 24.3 Å². The molecule has 1 unspecified atom stereocenters. The van der Waals surface area contributed by atoms with Crippen molar-refractivity contribution in [2.75, 3.05) is 32.0 Å². The Morgan fingerprint density at radius 1 is 1.02 bits per heavy atom. The van der Waals surface area contributed by atoms with Crippen molar-refractivity contribution in [2.45, 2.75) is 68.7 Å². The SMILES string of the molecule is CN(C)C(c1cccc(F)c1)C1CCC(CCNC(=O)c2c(N(C)S(=O)(=O)c3ccc(Cl)c(Cl)c3)sc3c2CCCC3)CC1. The molecule has 0 saturated heterocycles. The first kappa shape index (κ1) is 33.2. The molecule has 2 aliphatic carbocycles. The van der Waals surface area contributed by atoms with Crippen molar-refractivity contribution >= 4 is 55.5 Å². The standard InChI is InChI=1S/C33H40Cl2FN3O3S2/c1-38(2)31(23-7-6-8-24(36)19-23)22-13-11-21(12-14-22)17-18-37-32(40)30-26-9-4-5-10-29(26)43-33(30)39(3)44(41,42)25-15-16-27(34)28(35)20-25/h6-8,15-16,19-22,31H,4-5,9-14,17-18H2,1-3H3,(H,37,40). The van der Waals surface area contributed by atoms with Gasteiger partial charge in [-0.2, -0.15) is 0 Å². The molecule has 0 aliphatic heterocycles. The largest absolute Gasteiger partial charge is 0.352 e. The molecule has 238 valence electrons. The fraction of sp³-hybridized carbons (Fsp3) is 0.485. The molecule has 5 rings (SSSR count). The van der Waals surface area contributed by atoms with E-state index in [-0.39, 0.29) is 32.7 Å². The quantitative estimate of drug-likeness (QED) is 0.235. The van der Waals surface area contributed by atoms with Crippen LogP contribution in [0.2, 0.25) is 10.0 Å². The smallest absolute Gasteiger partial charge is 0.264 e. The van der Waals surface area contributed by atoms with Gasteiger partial charge < -0.3 is 10.2 Å². The maximum atomic E-state index is 14.0. The van der Waals surface area contributed by atoms with E-state index < -0.39 is 10.0 Å². The van der Waals surface area contributed by atoms with Crippen LogP contribution in [-0.4, -0.2) is 46.9 Å². The summed E-state index contributed by atoms with van der Waals surface area (Å²) < 4.78 is 42.4. The van der Waals surface area contributed by atoms with Crippen LogP contribution in [0.1, 0.15) is 77.3 Å². The number of fused-ring (bicyclic) bond motifs is 1. The molecule has 1 saturated carbocycles. The molecule has 1 heterocycles. The Morgan fingerprint density at radius 3 is 2.43 bits per heavy atom. The molecule has 0 spiro atoms. The number of carbonyl (C=O) groups excluding carboxylic acids is 1. The molecule has 1 aromatic heterocycles. The van der Waals surface area contributed by atoms with Crippen molar-refractivity contribution < 1.29 is 17.6 Å². The summed E-state index contributed by atoms with van der Waals surface area (Å²) in [4.78, 5) is 17.0. The minimum absolute atomic E-state index is 0.0247. The van der Waals surface area contributed by atoms with Gasteiger partial charge in [0.1, 0.15) is 10.8 Å². The fourth-order valence-electron chi connectivity index (χ4n) is 6.87. The molecule has 11 heteroatoms. The van der Waals surface area contributed by atoms with Gasteiger partial charge in [0.25, 0.3) is 15.9 Å². The summed E-state index contributed by atoms with van der Waals surface area (Å²) in [6.45, 7) is 0.530. The monoisotopic (exact) mass is 679 g/mol. The third kappa shape index (κ3) is 7.12. The number of carbonyl (C=O) groups is 1. The number of rotatable bonds is 10. The summed E-state index contributed by atoms with van der Waals surface area (Å²) in [5.74, 6) is 0.524. The Hall–Kier alpha value is -2.17. The molecule has 0 bridgehead atoms. The highest BCUT2D eigenvalue weighted by Gasteiger charge is 2.33. The molecule has 44 heavy (non-hydrogen) atoms. The van der Waals surface area contributed by atoms with E-state index in [0.29, 0.717) is 28.9 Å². The first-order valence-corrected chi connectivity index (χ1v) is 18.3. The van der Waals surface area contributed by atoms with Crippen LogP contribution >= 0.6 is 34.5 Å². The number of hydrogen-bond acceptors (Lipinski definition) is 5. The first-order chi connectivity index (χ1) is 21.0. The lowest BCUT2D eigenvalue weighted by Gasteiger charge is -2.37. The molecule has 3 aromatic rings. The topological polar surface area (TPSA) is 69.7 Å². The number of sulfonamides is 1. The Morgan fingerprint density at radius 2 is 1.75 bits per heavy atom. The zero-order valence-corrected chi connectivity index (χ0v) is 28.6. The predicted molar refractivity (Wildman–Crippen MR) is 178 cm³/mol. The molecule has 0 radical (unpaired) electrons. The lowest BCUT2D eigenvalue weighted by Crippen LogP contribution is -2.32. The highest BCUT2D eigenvalue weighted by Crippen LogP contribution is 2.43. The lowest BCUT2D eigenvalue weighted by atomic mass is 9.75. The van der Waals surface area contributed by atoms with Gasteiger partial charge in [-0.15, -0.1) is 11.3 Å². The van der Waals surface area contributed by atoms with Gasteiger partial charge in [0.15, 0.2) is 0 Å². The van der Waals surface area contributed by atoms with Crippen LogP contribution in [0.3, 0.4) is 0 Å². The lowest BCUT2D eigenvalue weighted by molar-refractivity contribution is 0.0947. The van der Waals surface area contributed by atoms with E-state index in [1.54, 1.807) is 12.1 Å². The molecule has 1 N–H and O–H groups in total. The molecule has 1 amide bonds. The predicted octanol–water partition coefficient (Wildman–Crippen LogP) is 8.13. The molecule has 2 aromatic carbocycles. The molecule has 2 aliphatic rings. The summed E-state index contributed by atoms with van der Waals surface area (Å²) in [7, 11) is 1.64. The Kier molecular flexibility index (Phi) is 10.6. The molecular weight excluding hydrogens is 640 g/mol. The second-order valence-corrected chi connectivity index (χ2v) is 16.1. The minimum Gasteiger partial charge on any atom is -0.352 e. The minimum atomic E-state index is -3.97. The molecular formula is C33H40Cl2FN3O3S2. The number of nitrogens with zero attached hydrogens (tertiary/aromatic N) is 2. The number of amides is 1. The van der Waals surface area contributed by atoms with Gasteiger partial charge in [-0.3, -0.25) is 9.10 Å². The maximum Gasteiger partial charge on any atom is 0.264 e. The average Bonchev–Trinajstić information content (AvgIpc) is 3.38. The van der Waals surface area contributed by atoms with Crippen LogP contribution in [0.15, 0.2) is 47.4 Å². The van der Waals surface area contributed by atoms with Crippen LogP contribution < -0.4 is 9.62 Å².